The second kappa shape index (κ2) is 20.5. The second-order valence-corrected chi connectivity index (χ2v) is 8.54. The fourth-order valence-corrected chi connectivity index (χ4v) is 2.86. The first-order chi connectivity index (χ1) is 18.4. The quantitative estimate of drug-likeness (QED) is 0.163. The third kappa shape index (κ3) is 13.7. The van der Waals surface area contributed by atoms with Crippen LogP contribution in [0.1, 0.15) is 51.9 Å². The van der Waals surface area contributed by atoms with Gasteiger partial charge in [0.15, 0.2) is 11.6 Å². The van der Waals surface area contributed by atoms with E-state index in [1.165, 1.54) is 41.5 Å². The Bertz CT molecular complexity index is 1340. The summed E-state index contributed by atoms with van der Waals surface area (Å²) in [5.41, 5.74) is 11.1. The van der Waals surface area contributed by atoms with Crippen LogP contribution in [0, 0.1) is 0 Å². The van der Waals surface area contributed by atoms with Crippen LogP contribution in [-0.4, -0.2) is 53.6 Å². The van der Waals surface area contributed by atoms with E-state index in [4.69, 9.17) is 5.73 Å². The number of rotatable bonds is 8. The molecule has 1 heterocycles. The molecule has 0 radical (unpaired) electrons. The van der Waals surface area contributed by atoms with Crippen molar-refractivity contribution >= 4 is 39.5 Å². The fourth-order valence-electron chi connectivity index (χ4n) is 2.86. The molecular formula is C29H35ClCoN5O5-2. The molecule has 12 heteroatoms. The van der Waals surface area contributed by atoms with Crippen molar-refractivity contribution in [2.45, 2.75) is 41.5 Å². The SMILES string of the molecule is CC(=O)/C(C)=C(/C)[O-].CC(=O)/C(C)=C(/C)[O-].[Cl-].[Co+3].[NH-]CC[N-]CCNC(=O)c1cccc2nc3ccccc3nc12. The maximum atomic E-state index is 12.4. The van der Waals surface area contributed by atoms with Crippen LogP contribution >= 0.6 is 0 Å². The van der Waals surface area contributed by atoms with E-state index in [-0.39, 0.29) is 64.7 Å². The number of carbonyl (C=O) groups excluding carboxylic acids is 3. The summed E-state index contributed by atoms with van der Waals surface area (Å²) in [4.78, 5) is 42.2. The standard InChI is InChI=1S/C17H17N5O.2C6H10O2.ClH.Co/c18-8-9-19-10-11-20-17(23)12-4-3-7-15-16(12)22-14-6-2-1-5-13(14)21-15;2*1-4(5(2)7)6(3)8;;/h1-7,18H,8-11H2,(H,20,23);2*7H,1-3H3;1H;/q-2;;;;+3/p-3/b;2*5-4-;;. The van der Waals surface area contributed by atoms with E-state index in [1.807, 2.05) is 36.4 Å². The number of fused-ring (bicyclic) bond motifs is 2. The van der Waals surface area contributed by atoms with Gasteiger partial charge >= 0.3 is 16.8 Å². The summed E-state index contributed by atoms with van der Waals surface area (Å²) in [7, 11) is 0. The molecule has 1 aromatic heterocycles. The molecule has 0 aliphatic carbocycles. The van der Waals surface area contributed by atoms with Crippen LogP contribution in [-0.2, 0) is 26.4 Å². The van der Waals surface area contributed by atoms with Crippen molar-refractivity contribution in [3.8, 4) is 0 Å². The topological polar surface area (TPSA) is 173 Å². The first-order valence-electron chi connectivity index (χ1n) is 12.3. The van der Waals surface area contributed by atoms with Crippen molar-refractivity contribution < 1.29 is 53.8 Å². The zero-order chi connectivity index (χ0) is 29.5. The Labute approximate surface area is 257 Å². The number of ketones is 2. The van der Waals surface area contributed by atoms with Crippen molar-refractivity contribution in [1.29, 1.82) is 0 Å². The van der Waals surface area contributed by atoms with Gasteiger partial charge in [-0.3, -0.25) is 14.4 Å². The van der Waals surface area contributed by atoms with Gasteiger partial charge in [0.25, 0.3) is 5.91 Å². The summed E-state index contributed by atoms with van der Waals surface area (Å²) in [5, 5.41) is 27.6. The fraction of sp³-hybridized carbons (Fsp3) is 0.345. The Morgan fingerprint density at radius 1 is 0.780 bits per heavy atom. The van der Waals surface area contributed by atoms with Gasteiger partial charge in [0.1, 0.15) is 5.52 Å². The molecule has 41 heavy (non-hydrogen) atoms. The number of Topliss-reactive ketones (excluding diaryl/α,β-unsaturated/α-hetero) is 2. The van der Waals surface area contributed by atoms with Crippen molar-refractivity contribution in [2.75, 3.05) is 26.2 Å². The van der Waals surface area contributed by atoms with E-state index in [9.17, 15) is 24.6 Å². The van der Waals surface area contributed by atoms with Gasteiger partial charge < -0.3 is 39.0 Å². The van der Waals surface area contributed by atoms with Gasteiger partial charge in [-0.05, 0) is 69.7 Å². The summed E-state index contributed by atoms with van der Waals surface area (Å²) in [6, 6.07) is 13.0. The molecule has 0 spiro atoms. The minimum atomic E-state index is -0.179. The van der Waals surface area contributed by atoms with Crippen LogP contribution in [0.2, 0.25) is 0 Å². The monoisotopic (exact) mass is 627 g/mol. The molecule has 0 bridgehead atoms. The largest absolute Gasteiger partial charge is 3.00 e. The normalized spacial score (nSPS) is 11.2. The van der Waals surface area contributed by atoms with Crippen LogP contribution in [0.4, 0.5) is 0 Å². The van der Waals surface area contributed by atoms with Crippen molar-refractivity contribution in [3.63, 3.8) is 0 Å². The zero-order valence-corrected chi connectivity index (χ0v) is 25.8. The minimum absolute atomic E-state index is 0. The minimum Gasteiger partial charge on any atom is -1.00 e. The first-order valence-corrected chi connectivity index (χ1v) is 12.3. The Kier molecular flexibility index (Phi) is 19.9. The van der Waals surface area contributed by atoms with Gasteiger partial charge in [0, 0.05) is 0 Å². The second-order valence-electron chi connectivity index (χ2n) is 8.54. The summed E-state index contributed by atoms with van der Waals surface area (Å²) in [5.74, 6) is -0.744. The third-order valence-electron chi connectivity index (χ3n) is 5.55. The molecule has 3 aromatic rings. The van der Waals surface area contributed by atoms with Crippen molar-refractivity contribution in [2.24, 2.45) is 0 Å². The van der Waals surface area contributed by atoms with Gasteiger partial charge in [0.05, 0.1) is 22.1 Å². The number of hydrogen-bond acceptors (Lipinski definition) is 7. The van der Waals surface area contributed by atoms with Crippen LogP contribution in [0.3, 0.4) is 0 Å². The molecule has 10 nitrogen and oxygen atoms in total. The number of hydrogen-bond donors (Lipinski definition) is 1. The van der Waals surface area contributed by atoms with Crippen LogP contribution in [0.15, 0.2) is 65.1 Å². The van der Waals surface area contributed by atoms with Crippen molar-refractivity contribution in [1.82, 2.24) is 15.3 Å². The molecule has 0 aliphatic rings. The number of carbonyl (C=O) groups is 3. The molecule has 0 saturated heterocycles. The van der Waals surface area contributed by atoms with Crippen LogP contribution in [0.5, 0.6) is 0 Å². The Morgan fingerprint density at radius 2 is 1.27 bits per heavy atom. The van der Waals surface area contributed by atoms with E-state index >= 15 is 0 Å². The van der Waals surface area contributed by atoms with Crippen molar-refractivity contribution in [3.05, 3.63) is 81.7 Å². The third-order valence-corrected chi connectivity index (χ3v) is 5.55. The average Bonchev–Trinajstić information content (AvgIpc) is 2.90. The number of aromatic nitrogens is 2. The smallest absolute Gasteiger partial charge is 1.00 e. The van der Waals surface area contributed by atoms with E-state index in [0.29, 0.717) is 47.4 Å². The molecular weight excluding hydrogens is 593 g/mol. The number of nitrogens with one attached hydrogen (secondary N) is 2. The molecule has 2 aromatic carbocycles. The summed E-state index contributed by atoms with van der Waals surface area (Å²) >= 11 is 0. The van der Waals surface area contributed by atoms with Crippen LogP contribution in [0.25, 0.3) is 33.1 Å². The van der Waals surface area contributed by atoms with E-state index in [0.717, 1.165) is 11.0 Å². The van der Waals surface area contributed by atoms with Gasteiger partial charge in [0.2, 0.25) is 0 Å². The molecule has 2 N–H and O–H groups in total. The molecule has 0 fully saturated rings. The number of halogens is 1. The van der Waals surface area contributed by atoms with Crippen LogP contribution < -0.4 is 27.9 Å². The molecule has 0 aliphatic heterocycles. The van der Waals surface area contributed by atoms with E-state index in [2.05, 4.69) is 20.6 Å². The van der Waals surface area contributed by atoms with Gasteiger partial charge in [-0.15, -0.1) is 18.1 Å². The van der Waals surface area contributed by atoms with E-state index < -0.39 is 0 Å². The number of para-hydroxylation sites is 3. The van der Waals surface area contributed by atoms with E-state index in [1.54, 1.807) is 6.07 Å². The maximum Gasteiger partial charge on any atom is 3.00 e. The Morgan fingerprint density at radius 3 is 1.71 bits per heavy atom. The summed E-state index contributed by atoms with van der Waals surface area (Å²) < 4.78 is 0. The predicted molar refractivity (Wildman–Crippen MR) is 150 cm³/mol. The number of benzene rings is 2. The number of allylic oxidation sites excluding steroid dienone is 4. The molecule has 0 saturated carbocycles. The molecule has 3 rings (SSSR count). The molecule has 224 valence electrons. The number of nitrogens with zero attached hydrogens (tertiary/aromatic N) is 3. The van der Waals surface area contributed by atoms with Gasteiger partial charge in [-0.25, -0.2) is 9.97 Å². The van der Waals surface area contributed by atoms with Gasteiger partial charge in [-0.1, -0.05) is 32.0 Å². The molecule has 0 unspecified atom stereocenters. The predicted octanol–water partition coefficient (Wildman–Crippen LogP) is 0.399. The average molecular weight is 628 g/mol. The van der Waals surface area contributed by atoms with Gasteiger partial charge in [-0.2, -0.15) is 13.1 Å². The molecule has 0 atom stereocenters. The number of amides is 1. The zero-order valence-electron chi connectivity index (χ0n) is 24.0. The summed E-state index contributed by atoms with van der Waals surface area (Å²) in [6.45, 7) is 10.4. The maximum absolute atomic E-state index is 12.4. The summed E-state index contributed by atoms with van der Waals surface area (Å²) in [6.07, 6.45) is 0. The molecule has 1 amide bonds. The Balaban J connectivity index is 0. The first kappa shape index (κ1) is 39.8. The Hall–Kier alpha value is -3.35.